The highest BCUT2D eigenvalue weighted by Gasteiger charge is 2.34. The Hall–Kier alpha value is -2.59. The maximum absolute atomic E-state index is 11.5. The molecular weight excluding hydrogens is 288 g/mol. The third-order valence-electron chi connectivity index (χ3n) is 4.71. The number of fused-ring (bicyclic) bond motifs is 3. The quantitative estimate of drug-likeness (QED) is 0.735. The minimum absolute atomic E-state index is 0.0473. The molecule has 0 spiro atoms. The predicted molar refractivity (Wildman–Crippen MR) is 85.7 cm³/mol. The third kappa shape index (κ3) is 2.32. The molecule has 3 N–H and O–H groups in total. The Labute approximate surface area is 134 Å². The highest BCUT2D eigenvalue weighted by atomic mass is 16.4. The summed E-state index contributed by atoms with van der Waals surface area (Å²) in [7, 11) is 0. The maximum atomic E-state index is 11.5. The van der Waals surface area contributed by atoms with Crippen LogP contribution in [0, 0.1) is 6.92 Å². The van der Waals surface area contributed by atoms with E-state index >= 15 is 0 Å². The second-order valence-electron chi connectivity index (χ2n) is 6.28. The monoisotopic (exact) mass is 306 g/mol. The molecule has 116 valence electrons. The van der Waals surface area contributed by atoms with Gasteiger partial charge in [0.1, 0.15) is 6.04 Å². The lowest BCUT2D eigenvalue weighted by atomic mass is 9.90. The normalized spacial score (nSPS) is 20.4. The standard InChI is InChI=1S/C19H18N2O2/c1-11-5-4-6-12(9-11)17-18-14(10-16(21-17)19(22)23)13-7-2-3-8-15(13)20-18/h2-9,16-17,20-21H,10H2,1H3,(H,22,23)/t16-,17+/m0/s1. The molecule has 4 heteroatoms. The van der Waals surface area contributed by atoms with Gasteiger partial charge >= 0.3 is 0 Å². The van der Waals surface area contributed by atoms with Gasteiger partial charge in [-0.05, 0) is 24.6 Å². The van der Waals surface area contributed by atoms with Crippen molar-refractivity contribution in [2.75, 3.05) is 0 Å². The van der Waals surface area contributed by atoms with Gasteiger partial charge in [-0.2, -0.15) is 0 Å². The van der Waals surface area contributed by atoms with Crippen LogP contribution in [0.1, 0.15) is 28.4 Å². The number of para-hydroxylation sites is 1. The van der Waals surface area contributed by atoms with Crippen LogP contribution in [0.3, 0.4) is 0 Å². The summed E-state index contributed by atoms with van der Waals surface area (Å²) in [5, 5.41) is 14.5. The average molecular weight is 306 g/mol. The first kappa shape index (κ1) is 14.0. The summed E-state index contributed by atoms with van der Waals surface area (Å²) in [4.78, 5) is 15.0. The molecule has 0 saturated carbocycles. The molecule has 1 aliphatic rings. The van der Waals surface area contributed by atoms with E-state index in [0.29, 0.717) is 6.42 Å². The summed E-state index contributed by atoms with van der Waals surface area (Å²) in [6, 6.07) is 15.7. The van der Waals surface area contributed by atoms with Crippen molar-refractivity contribution >= 4 is 16.9 Å². The summed E-state index contributed by atoms with van der Waals surface area (Å²) in [5.41, 5.74) is 5.55. The number of quaternary nitrogens is 1. The van der Waals surface area contributed by atoms with Crippen LogP contribution in [-0.4, -0.2) is 17.0 Å². The number of carboxylic acid groups (broad SMARTS) is 1. The number of nitrogens with one attached hydrogen (secondary N) is 1. The molecule has 2 atom stereocenters. The van der Waals surface area contributed by atoms with Crippen LogP contribution < -0.4 is 10.4 Å². The second-order valence-corrected chi connectivity index (χ2v) is 6.28. The first-order valence-electron chi connectivity index (χ1n) is 7.85. The van der Waals surface area contributed by atoms with E-state index in [9.17, 15) is 9.90 Å². The Morgan fingerprint density at radius 3 is 2.83 bits per heavy atom. The largest absolute Gasteiger partial charge is 0.544 e. The summed E-state index contributed by atoms with van der Waals surface area (Å²) in [5.74, 6) is -1.00. The number of aliphatic carboxylic acids is 1. The topological polar surface area (TPSA) is 72.5 Å². The van der Waals surface area contributed by atoms with E-state index in [1.165, 1.54) is 5.56 Å². The summed E-state index contributed by atoms with van der Waals surface area (Å²) in [6.45, 7) is 2.05. The fraction of sp³-hybridized carbons (Fsp3) is 0.211. The number of carbonyl (C=O) groups excluding carboxylic acids is 1. The van der Waals surface area contributed by atoms with Gasteiger partial charge in [-0.1, -0.05) is 42.0 Å². The van der Waals surface area contributed by atoms with Gasteiger partial charge in [-0.25, -0.2) is 0 Å². The minimum Gasteiger partial charge on any atom is -0.544 e. The number of carboxylic acids is 1. The van der Waals surface area contributed by atoms with Crippen molar-refractivity contribution in [2.45, 2.75) is 25.4 Å². The van der Waals surface area contributed by atoms with Crippen LogP contribution in [0.25, 0.3) is 10.9 Å². The molecule has 1 aliphatic heterocycles. The van der Waals surface area contributed by atoms with Crippen molar-refractivity contribution < 1.29 is 15.2 Å². The first-order chi connectivity index (χ1) is 11.1. The van der Waals surface area contributed by atoms with Gasteiger partial charge in [0.15, 0.2) is 6.04 Å². The van der Waals surface area contributed by atoms with Crippen LogP contribution in [0.5, 0.6) is 0 Å². The predicted octanol–water partition coefficient (Wildman–Crippen LogP) is 0.804. The molecule has 2 heterocycles. The van der Waals surface area contributed by atoms with Gasteiger partial charge in [0.05, 0.1) is 11.7 Å². The van der Waals surface area contributed by atoms with E-state index in [1.54, 1.807) is 0 Å². The van der Waals surface area contributed by atoms with Crippen LogP contribution in [0.4, 0.5) is 0 Å². The van der Waals surface area contributed by atoms with Gasteiger partial charge < -0.3 is 20.2 Å². The highest BCUT2D eigenvalue weighted by molar-refractivity contribution is 5.86. The number of aromatic amines is 1. The second kappa shape index (κ2) is 5.25. The molecule has 0 saturated heterocycles. The molecule has 1 aromatic heterocycles. The fourth-order valence-corrected chi connectivity index (χ4v) is 3.63. The highest BCUT2D eigenvalue weighted by Crippen LogP contribution is 2.31. The van der Waals surface area contributed by atoms with E-state index < -0.39 is 12.0 Å². The molecule has 0 amide bonds. The molecule has 23 heavy (non-hydrogen) atoms. The van der Waals surface area contributed by atoms with Gasteiger partial charge in [0.2, 0.25) is 0 Å². The summed E-state index contributed by atoms with van der Waals surface area (Å²) < 4.78 is 0. The van der Waals surface area contributed by atoms with Gasteiger partial charge in [0, 0.05) is 22.9 Å². The Bertz CT molecular complexity index is 897. The van der Waals surface area contributed by atoms with Crippen LogP contribution in [-0.2, 0) is 11.2 Å². The smallest absolute Gasteiger partial charge is 0.153 e. The fourth-order valence-electron chi connectivity index (χ4n) is 3.63. The molecule has 0 fully saturated rings. The lowest BCUT2D eigenvalue weighted by molar-refractivity contribution is -0.717. The van der Waals surface area contributed by atoms with Crippen molar-refractivity contribution in [3.05, 3.63) is 70.9 Å². The zero-order valence-corrected chi connectivity index (χ0v) is 12.9. The number of benzene rings is 2. The van der Waals surface area contributed by atoms with Crippen LogP contribution >= 0.6 is 0 Å². The van der Waals surface area contributed by atoms with Gasteiger partial charge in [0.25, 0.3) is 0 Å². The van der Waals surface area contributed by atoms with Crippen molar-refractivity contribution in [1.29, 1.82) is 0 Å². The van der Waals surface area contributed by atoms with Crippen LogP contribution in [0.15, 0.2) is 48.5 Å². The van der Waals surface area contributed by atoms with Crippen molar-refractivity contribution in [2.24, 2.45) is 0 Å². The molecule has 4 nitrogen and oxygen atoms in total. The third-order valence-corrected chi connectivity index (χ3v) is 4.71. The van der Waals surface area contributed by atoms with Crippen molar-refractivity contribution in [1.82, 2.24) is 4.98 Å². The maximum Gasteiger partial charge on any atom is 0.153 e. The zero-order valence-electron chi connectivity index (χ0n) is 12.9. The first-order valence-corrected chi connectivity index (χ1v) is 7.85. The Morgan fingerprint density at radius 2 is 2.04 bits per heavy atom. The number of carbonyl (C=O) groups is 1. The molecule has 4 rings (SSSR count). The van der Waals surface area contributed by atoms with Gasteiger partial charge in [-0.3, -0.25) is 0 Å². The number of hydrogen-bond acceptors (Lipinski definition) is 2. The van der Waals surface area contributed by atoms with Crippen molar-refractivity contribution in [3.8, 4) is 0 Å². The van der Waals surface area contributed by atoms with E-state index in [1.807, 2.05) is 29.6 Å². The Kier molecular flexibility index (Phi) is 3.20. The molecule has 3 aromatic rings. The minimum atomic E-state index is -1.00. The SMILES string of the molecule is Cc1cccc([C@H]2[NH2+][C@H](C(=O)[O-])Cc3c2[nH]c2ccccc32)c1. The summed E-state index contributed by atoms with van der Waals surface area (Å²) >= 11 is 0. The number of aryl methyl sites for hydroxylation is 1. The number of hydrogen-bond donors (Lipinski definition) is 2. The van der Waals surface area contributed by atoms with Gasteiger partial charge in [-0.15, -0.1) is 0 Å². The Balaban J connectivity index is 1.91. The molecule has 0 radical (unpaired) electrons. The van der Waals surface area contributed by atoms with Crippen LogP contribution in [0.2, 0.25) is 0 Å². The number of aromatic nitrogens is 1. The molecule has 0 unspecified atom stereocenters. The molecule has 2 aromatic carbocycles. The molecule has 0 aliphatic carbocycles. The molecule has 0 bridgehead atoms. The van der Waals surface area contributed by atoms with E-state index in [0.717, 1.165) is 27.7 Å². The van der Waals surface area contributed by atoms with E-state index in [2.05, 4.69) is 36.2 Å². The van der Waals surface area contributed by atoms with Crippen molar-refractivity contribution in [3.63, 3.8) is 0 Å². The van der Waals surface area contributed by atoms with E-state index in [-0.39, 0.29) is 6.04 Å². The lowest BCUT2D eigenvalue weighted by Gasteiger charge is -2.29. The number of nitrogens with two attached hydrogens (primary N) is 1. The Morgan fingerprint density at radius 1 is 1.22 bits per heavy atom. The molecular formula is C19H18N2O2. The summed E-state index contributed by atoms with van der Waals surface area (Å²) in [6.07, 6.45) is 0.490. The zero-order chi connectivity index (χ0) is 16.0. The van der Waals surface area contributed by atoms with E-state index in [4.69, 9.17) is 0 Å². The average Bonchev–Trinajstić information content (AvgIpc) is 2.92. The number of rotatable bonds is 2. The number of H-pyrrole nitrogens is 1. The lowest BCUT2D eigenvalue weighted by Crippen LogP contribution is -2.95.